The average molecular weight is 474 g/mol. The van der Waals surface area contributed by atoms with E-state index < -0.39 is 0 Å². The van der Waals surface area contributed by atoms with Crippen molar-refractivity contribution in [3.8, 4) is 17.0 Å². The van der Waals surface area contributed by atoms with Crippen molar-refractivity contribution in [2.45, 2.75) is 13.0 Å². The van der Waals surface area contributed by atoms with E-state index >= 15 is 0 Å². The Labute approximate surface area is 188 Å². The van der Waals surface area contributed by atoms with Gasteiger partial charge in [-0.3, -0.25) is 14.8 Å². The van der Waals surface area contributed by atoms with Gasteiger partial charge in [0, 0.05) is 21.3 Å². The monoisotopic (exact) mass is 473 g/mol. The highest BCUT2D eigenvalue weighted by atomic mass is 79.9. The number of carbonyl (C=O) groups excluding carboxylic acids is 1. The Hall–Kier alpha value is -3.38. The third-order valence-electron chi connectivity index (χ3n) is 5.63. The highest BCUT2D eigenvalue weighted by Gasteiger charge is 2.43. The third kappa shape index (κ3) is 3.33. The first kappa shape index (κ1) is 19.6. The molecule has 0 unspecified atom stereocenters. The summed E-state index contributed by atoms with van der Waals surface area (Å²) in [5.74, 6) is 0.686. The van der Waals surface area contributed by atoms with E-state index in [0.29, 0.717) is 5.69 Å². The van der Waals surface area contributed by atoms with Crippen molar-refractivity contribution in [1.82, 2.24) is 10.2 Å². The smallest absolute Gasteiger partial charge is 0.277 e. The maximum absolute atomic E-state index is 13.5. The van der Waals surface area contributed by atoms with Gasteiger partial charge >= 0.3 is 0 Å². The van der Waals surface area contributed by atoms with Gasteiger partial charge in [0.25, 0.3) is 5.91 Å². The van der Waals surface area contributed by atoms with Gasteiger partial charge in [0.1, 0.15) is 11.4 Å². The van der Waals surface area contributed by atoms with Crippen molar-refractivity contribution in [2.75, 3.05) is 12.0 Å². The van der Waals surface area contributed by atoms with Crippen LogP contribution in [0.4, 0.5) is 5.69 Å². The molecule has 1 aliphatic heterocycles. The fourth-order valence-electron chi connectivity index (χ4n) is 4.05. The minimum atomic E-state index is -0.298. The number of nitrogens with one attached hydrogen (secondary N) is 1. The lowest BCUT2D eigenvalue weighted by atomic mass is 9.95. The Morgan fingerprint density at radius 1 is 0.968 bits per heavy atom. The molecule has 154 valence electrons. The van der Waals surface area contributed by atoms with Crippen LogP contribution >= 0.6 is 15.9 Å². The number of halogens is 1. The Morgan fingerprint density at radius 3 is 2.29 bits per heavy atom. The zero-order valence-electron chi connectivity index (χ0n) is 17.1. The summed E-state index contributed by atoms with van der Waals surface area (Å²) in [6.07, 6.45) is 0. The molecule has 5 nitrogen and oxygen atoms in total. The standard InChI is InChI=1S/C25H20BrN3O2/c1-15-3-11-19(12-4-15)29-24(17-7-13-20(31-2)14-8-17)21-22(27-28-23(21)25(29)30)16-5-9-18(26)10-6-16/h3-14,24H,1-2H3,(H,27,28)/t24-/m1/s1. The second kappa shape index (κ2) is 7.71. The molecular formula is C25H20BrN3O2. The maximum atomic E-state index is 13.5. The lowest BCUT2D eigenvalue weighted by molar-refractivity contribution is 0.0989. The number of amides is 1. The van der Waals surface area contributed by atoms with Crippen LogP contribution in [0.25, 0.3) is 11.3 Å². The van der Waals surface area contributed by atoms with Gasteiger partial charge in [-0.25, -0.2) is 0 Å². The molecule has 0 bridgehead atoms. The van der Waals surface area contributed by atoms with E-state index in [1.54, 1.807) is 7.11 Å². The molecule has 31 heavy (non-hydrogen) atoms. The second-order valence-electron chi connectivity index (χ2n) is 7.55. The van der Waals surface area contributed by atoms with Crippen LogP contribution in [0.15, 0.2) is 77.3 Å². The van der Waals surface area contributed by atoms with Crippen molar-refractivity contribution < 1.29 is 9.53 Å². The van der Waals surface area contributed by atoms with Gasteiger partial charge in [0.2, 0.25) is 0 Å². The number of anilines is 1. The number of ether oxygens (including phenoxy) is 1. The average Bonchev–Trinajstić information content (AvgIpc) is 3.34. The van der Waals surface area contributed by atoms with Gasteiger partial charge in [-0.2, -0.15) is 5.10 Å². The summed E-state index contributed by atoms with van der Waals surface area (Å²) in [6.45, 7) is 2.04. The number of hydrogen-bond acceptors (Lipinski definition) is 3. The van der Waals surface area contributed by atoms with Crippen LogP contribution in [0.3, 0.4) is 0 Å². The zero-order chi connectivity index (χ0) is 21.5. The van der Waals surface area contributed by atoms with E-state index in [0.717, 1.165) is 43.9 Å². The normalized spacial score (nSPS) is 15.3. The summed E-state index contributed by atoms with van der Waals surface area (Å²) in [5, 5.41) is 7.53. The first-order valence-corrected chi connectivity index (χ1v) is 10.7. The van der Waals surface area contributed by atoms with E-state index in [4.69, 9.17) is 4.74 Å². The molecule has 3 aromatic carbocycles. The first-order valence-electron chi connectivity index (χ1n) is 9.95. The van der Waals surface area contributed by atoms with Crippen LogP contribution < -0.4 is 9.64 Å². The minimum Gasteiger partial charge on any atom is -0.497 e. The summed E-state index contributed by atoms with van der Waals surface area (Å²) >= 11 is 3.49. The minimum absolute atomic E-state index is 0.0875. The van der Waals surface area contributed by atoms with E-state index in [-0.39, 0.29) is 11.9 Å². The lowest BCUT2D eigenvalue weighted by Crippen LogP contribution is -2.29. The molecule has 5 rings (SSSR count). The first-order chi connectivity index (χ1) is 15.1. The molecule has 4 aromatic rings. The number of methoxy groups -OCH3 is 1. The Kier molecular flexibility index (Phi) is 4.87. The summed E-state index contributed by atoms with van der Waals surface area (Å²) in [7, 11) is 1.65. The van der Waals surface area contributed by atoms with E-state index in [9.17, 15) is 4.79 Å². The van der Waals surface area contributed by atoms with Gasteiger partial charge in [-0.05, 0) is 48.9 Å². The van der Waals surface area contributed by atoms with Gasteiger partial charge in [-0.1, -0.05) is 57.9 Å². The molecule has 0 fully saturated rings. The molecule has 1 aliphatic rings. The summed E-state index contributed by atoms with van der Waals surface area (Å²) in [5.41, 5.74) is 6.14. The highest BCUT2D eigenvalue weighted by molar-refractivity contribution is 9.10. The van der Waals surface area contributed by atoms with Crippen LogP contribution in [0.1, 0.15) is 33.2 Å². The summed E-state index contributed by atoms with van der Waals surface area (Å²) in [6, 6.07) is 23.5. The molecule has 6 heteroatoms. The lowest BCUT2D eigenvalue weighted by Gasteiger charge is -2.26. The fraction of sp³-hybridized carbons (Fsp3) is 0.120. The van der Waals surface area contributed by atoms with Crippen LogP contribution in [-0.4, -0.2) is 23.2 Å². The van der Waals surface area contributed by atoms with Crippen LogP contribution in [-0.2, 0) is 0 Å². The number of aryl methyl sites for hydroxylation is 1. The predicted molar refractivity (Wildman–Crippen MR) is 125 cm³/mol. The van der Waals surface area contributed by atoms with Crippen LogP contribution in [0.2, 0.25) is 0 Å². The molecular weight excluding hydrogens is 454 g/mol. The van der Waals surface area contributed by atoms with Gasteiger partial charge in [0.15, 0.2) is 0 Å². The maximum Gasteiger partial charge on any atom is 0.277 e. The number of fused-ring (bicyclic) bond motifs is 1. The predicted octanol–water partition coefficient (Wildman–Crippen LogP) is 5.91. The number of carbonyl (C=O) groups is 1. The molecule has 1 amide bonds. The number of aromatic nitrogens is 2. The topological polar surface area (TPSA) is 58.2 Å². The van der Waals surface area contributed by atoms with Gasteiger partial charge in [0.05, 0.1) is 18.8 Å². The molecule has 0 radical (unpaired) electrons. The zero-order valence-corrected chi connectivity index (χ0v) is 18.7. The fourth-order valence-corrected chi connectivity index (χ4v) is 4.31. The van der Waals surface area contributed by atoms with Crippen LogP contribution in [0, 0.1) is 6.92 Å². The molecule has 0 saturated carbocycles. The summed E-state index contributed by atoms with van der Waals surface area (Å²) in [4.78, 5) is 15.3. The van der Waals surface area contributed by atoms with E-state index in [2.05, 4.69) is 26.1 Å². The molecule has 2 heterocycles. The van der Waals surface area contributed by atoms with Crippen molar-refractivity contribution in [2.24, 2.45) is 0 Å². The number of H-pyrrole nitrogens is 1. The summed E-state index contributed by atoms with van der Waals surface area (Å²) < 4.78 is 6.33. The largest absolute Gasteiger partial charge is 0.497 e. The molecule has 0 aliphatic carbocycles. The second-order valence-corrected chi connectivity index (χ2v) is 8.47. The molecule has 1 aromatic heterocycles. The Balaban J connectivity index is 1.70. The molecule has 1 N–H and O–H groups in total. The number of aromatic amines is 1. The van der Waals surface area contributed by atoms with E-state index in [1.807, 2.05) is 84.6 Å². The highest BCUT2D eigenvalue weighted by Crippen LogP contribution is 2.45. The molecule has 0 spiro atoms. The molecule has 1 atom stereocenters. The number of benzene rings is 3. The van der Waals surface area contributed by atoms with Crippen molar-refractivity contribution in [3.63, 3.8) is 0 Å². The van der Waals surface area contributed by atoms with Crippen molar-refractivity contribution in [1.29, 1.82) is 0 Å². The Bertz CT molecular complexity index is 1250. The number of rotatable bonds is 4. The van der Waals surface area contributed by atoms with Gasteiger partial charge < -0.3 is 4.74 Å². The number of nitrogens with zero attached hydrogens (tertiary/aromatic N) is 2. The van der Waals surface area contributed by atoms with Gasteiger partial charge in [-0.15, -0.1) is 0 Å². The Morgan fingerprint density at radius 2 is 1.65 bits per heavy atom. The number of hydrogen-bond donors (Lipinski definition) is 1. The SMILES string of the molecule is COc1ccc([C@@H]2c3c(-c4ccc(Br)cc4)n[nH]c3C(=O)N2c2ccc(C)cc2)cc1. The van der Waals surface area contributed by atoms with E-state index in [1.165, 1.54) is 0 Å². The van der Waals surface area contributed by atoms with Crippen molar-refractivity contribution in [3.05, 3.63) is 99.7 Å². The third-order valence-corrected chi connectivity index (χ3v) is 6.16. The van der Waals surface area contributed by atoms with Crippen LogP contribution in [0.5, 0.6) is 5.75 Å². The molecule has 0 saturated heterocycles. The van der Waals surface area contributed by atoms with Crippen molar-refractivity contribution >= 4 is 27.5 Å². The quantitative estimate of drug-likeness (QED) is 0.400.